The summed E-state index contributed by atoms with van der Waals surface area (Å²) in [6.07, 6.45) is -0.250. The van der Waals surface area contributed by atoms with E-state index in [9.17, 15) is 9.59 Å². The van der Waals surface area contributed by atoms with Gasteiger partial charge < -0.3 is 19.5 Å². The van der Waals surface area contributed by atoms with Crippen LogP contribution in [0, 0.1) is 0 Å². The third-order valence-electron chi connectivity index (χ3n) is 3.70. The molecule has 25 heavy (non-hydrogen) atoms. The monoisotopic (exact) mass is 341 g/mol. The molecule has 2 aromatic carbocycles. The van der Waals surface area contributed by atoms with Crippen molar-refractivity contribution in [1.82, 2.24) is 5.32 Å². The van der Waals surface area contributed by atoms with Crippen molar-refractivity contribution in [3.8, 4) is 17.2 Å². The van der Waals surface area contributed by atoms with E-state index < -0.39 is 0 Å². The van der Waals surface area contributed by atoms with Gasteiger partial charge in [0.05, 0.1) is 6.54 Å². The Morgan fingerprint density at radius 2 is 1.96 bits per heavy atom. The Labute approximate surface area is 145 Å². The molecule has 1 amide bonds. The standard InChI is InChI=1S/C19H19NO5/c1-13(21)14-5-4-6-15(9-14)23-12-19(22)20-10-16-11-24-17-7-2-3-8-18(17)25-16/h2-9,16H,10-12H2,1H3,(H,20,22)/t16-/m1/s1. The average molecular weight is 341 g/mol. The number of para-hydroxylation sites is 2. The largest absolute Gasteiger partial charge is 0.486 e. The summed E-state index contributed by atoms with van der Waals surface area (Å²) in [6.45, 7) is 2.05. The molecule has 2 aromatic rings. The summed E-state index contributed by atoms with van der Waals surface area (Å²) in [7, 11) is 0. The highest BCUT2D eigenvalue weighted by Crippen LogP contribution is 2.30. The zero-order chi connectivity index (χ0) is 17.6. The topological polar surface area (TPSA) is 73.9 Å². The second-order valence-corrected chi connectivity index (χ2v) is 5.67. The van der Waals surface area contributed by atoms with E-state index in [1.165, 1.54) is 6.92 Å². The predicted octanol–water partition coefficient (Wildman–Crippen LogP) is 2.22. The lowest BCUT2D eigenvalue weighted by Gasteiger charge is -2.26. The van der Waals surface area contributed by atoms with Crippen molar-refractivity contribution in [2.24, 2.45) is 0 Å². The number of hydrogen-bond acceptors (Lipinski definition) is 5. The van der Waals surface area contributed by atoms with Gasteiger partial charge in [-0.2, -0.15) is 0 Å². The Balaban J connectivity index is 1.44. The van der Waals surface area contributed by atoms with Gasteiger partial charge in [0.1, 0.15) is 18.5 Å². The number of ether oxygens (including phenoxy) is 3. The van der Waals surface area contributed by atoms with Crippen LogP contribution in [0.2, 0.25) is 0 Å². The van der Waals surface area contributed by atoms with Crippen molar-refractivity contribution in [1.29, 1.82) is 0 Å². The highest BCUT2D eigenvalue weighted by molar-refractivity contribution is 5.94. The molecule has 1 heterocycles. The number of amides is 1. The van der Waals surface area contributed by atoms with E-state index in [4.69, 9.17) is 14.2 Å². The number of Topliss-reactive ketones (excluding diaryl/α,β-unsaturated/α-hetero) is 1. The maximum absolute atomic E-state index is 11.9. The number of carbonyl (C=O) groups is 2. The number of ketones is 1. The summed E-state index contributed by atoms with van der Waals surface area (Å²) in [5.41, 5.74) is 0.546. The first-order valence-corrected chi connectivity index (χ1v) is 8.01. The third kappa shape index (κ3) is 4.50. The van der Waals surface area contributed by atoms with Crippen LogP contribution in [0.15, 0.2) is 48.5 Å². The van der Waals surface area contributed by atoms with E-state index in [1.54, 1.807) is 24.3 Å². The van der Waals surface area contributed by atoms with E-state index in [1.807, 2.05) is 24.3 Å². The lowest BCUT2D eigenvalue weighted by atomic mass is 10.1. The van der Waals surface area contributed by atoms with Gasteiger partial charge in [-0.25, -0.2) is 0 Å². The van der Waals surface area contributed by atoms with E-state index >= 15 is 0 Å². The minimum Gasteiger partial charge on any atom is -0.486 e. The number of benzene rings is 2. The maximum Gasteiger partial charge on any atom is 0.258 e. The van der Waals surface area contributed by atoms with Gasteiger partial charge in [0.25, 0.3) is 5.91 Å². The highest BCUT2D eigenvalue weighted by Gasteiger charge is 2.21. The van der Waals surface area contributed by atoms with Crippen LogP contribution in [0.4, 0.5) is 0 Å². The fourth-order valence-electron chi connectivity index (χ4n) is 2.40. The molecule has 0 unspecified atom stereocenters. The molecule has 0 bridgehead atoms. The Hall–Kier alpha value is -3.02. The summed E-state index contributed by atoms with van der Waals surface area (Å²) in [5, 5.41) is 2.75. The predicted molar refractivity (Wildman–Crippen MR) is 91.3 cm³/mol. The zero-order valence-electron chi connectivity index (χ0n) is 13.9. The molecule has 3 rings (SSSR count). The first-order valence-electron chi connectivity index (χ1n) is 8.01. The van der Waals surface area contributed by atoms with Crippen LogP contribution in [0.1, 0.15) is 17.3 Å². The van der Waals surface area contributed by atoms with Gasteiger partial charge in [-0.1, -0.05) is 24.3 Å². The van der Waals surface area contributed by atoms with E-state index in [-0.39, 0.29) is 24.4 Å². The molecule has 0 aromatic heterocycles. The molecular weight excluding hydrogens is 322 g/mol. The van der Waals surface area contributed by atoms with E-state index in [0.29, 0.717) is 36.0 Å². The van der Waals surface area contributed by atoms with Gasteiger partial charge in [-0.3, -0.25) is 9.59 Å². The fraction of sp³-hybridized carbons (Fsp3) is 0.263. The van der Waals surface area contributed by atoms with Crippen LogP contribution in [-0.4, -0.2) is 37.6 Å². The van der Waals surface area contributed by atoms with E-state index in [2.05, 4.69) is 5.32 Å². The van der Waals surface area contributed by atoms with Crippen molar-refractivity contribution < 1.29 is 23.8 Å². The number of nitrogens with one attached hydrogen (secondary N) is 1. The molecule has 0 aliphatic carbocycles. The van der Waals surface area contributed by atoms with Gasteiger partial charge in [-0.15, -0.1) is 0 Å². The second kappa shape index (κ2) is 7.70. The first kappa shape index (κ1) is 16.8. The Kier molecular flexibility index (Phi) is 5.18. The number of fused-ring (bicyclic) bond motifs is 1. The highest BCUT2D eigenvalue weighted by atomic mass is 16.6. The molecule has 6 nitrogen and oxygen atoms in total. The van der Waals surface area contributed by atoms with Crippen LogP contribution in [0.5, 0.6) is 17.2 Å². The number of hydrogen-bond donors (Lipinski definition) is 1. The lowest BCUT2D eigenvalue weighted by Crippen LogP contribution is -2.42. The van der Waals surface area contributed by atoms with Gasteiger partial charge in [0, 0.05) is 5.56 Å². The van der Waals surface area contributed by atoms with Crippen LogP contribution in [-0.2, 0) is 4.79 Å². The van der Waals surface area contributed by atoms with Crippen molar-refractivity contribution in [3.63, 3.8) is 0 Å². The minimum absolute atomic E-state index is 0.0513. The molecule has 1 aliphatic rings. The second-order valence-electron chi connectivity index (χ2n) is 5.67. The SMILES string of the molecule is CC(=O)c1cccc(OCC(=O)NC[C@@H]2COc3ccccc3O2)c1. The molecule has 0 saturated heterocycles. The quantitative estimate of drug-likeness (QED) is 0.816. The lowest BCUT2D eigenvalue weighted by molar-refractivity contribution is -0.123. The fourth-order valence-corrected chi connectivity index (χ4v) is 2.40. The maximum atomic E-state index is 11.9. The van der Waals surface area contributed by atoms with Gasteiger partial charge >= 0.3 is 0 Å². The summed E-state index contributed by atoms with van der Waals surface area (Å²) >= 11 is 0. The van der Waals surface area contributed by atoms with Gasteiger partial charge in [0.2, 0.25) is 0 Å². The molecule has 130 valence electrons. The molecule has 1 atom stereocenters. The van der Waals surface area contributed by atoms with Crippen molar-refractivity contribution in [3.05, 3.63) is 54.1 Å². The molecule has 1 aliphatic heterocycles. The third-order valence-corrected chi connectivity index (χ3v) is 3.70. The molecule has 6 heteroatoms. The molecule has 0 fully saturated rings. The molecule has 0 spiro atoms. The van der Waals surface area contributed by atoms with E-state index in [0.717, 1.165) is 0 Å². The molecule has 0 radical (unpaired) electrons. The normalized spacial score (nSPS) is 15.3. The Morgan fingerprint density at radius 3 is 2.76 bits per heavy atom. The Bertz CT molecular complexity index is 774. The Morgan fingerprint density at radius 1 is 1.16 bits per heavy atom. The van der Waals surface area contributed by atoms with Crippen LogP contribution in [0.3, 0.4) is 0 Å². The van der Waals surface area contributed by atoms with Crippen LogP contribution < -0.4 is 19.5 Å². The zero-order valence-corrected chi connectivity index (χ0v) is 13.9. The molecule has 1 N–H and O–H groups in total. The van der Waals surface area contributed by atoms with Gasteiger partial charge in [-0.05, 0) is 31.2 Å². The minimum atomic E-state index is -0.268. The van der Waals surface area contributed by atoms with Crippen LogP contribution >= 0.6 is 0 Å². The van der Waals surface area contributed by atoms with Gasteiger partial charge in [0.15, 0.2) is 23.9 Å². The van der Waals surface area contributed by atoms with Crippen molar-refractivity contribution >= 4 is 11.7 Å². The summed E-state index contributed by atoms with van der Waals surface area (Å²) in [5.74, 6) is 1.54. The summed E-state index contributed by atoms with van der Waals surface area (Å²) in [6, 6.07) is 14.2. The smallest absolute Gasteiger partial charge is 0.258 e. The van der Waals surface area contributed by atoms with Crippen LogP contribution in [0.25, 0.3) is 0 Å². The first-order chi connectivity index (χ1) is 12.1. The molecule has 0 saturated carbocycles. The van der Waals surface area contributed by atoms with Crippen molar-refractivity contribution in [2.75, 3.05) is 19.8 Å². The average Bonchev–Trinajstić information content (AvgIpc) is 2.64. The molecular formula is C19H19NO5. The summed E-state index contributed by atoms with van der Waals surface area (Å²) in [4.78, 5) is 23.3. The number of carbonyl (C=O) groups excluding carboxylic acids is 2. The van der Waals surface area contributed by atoms with Crippen molar-refractivity contribution in [2.45, 2.75) is 13.0 Å². The summed E-state index contributed by atoms with van der Waals surface area (Å²) < 4.78 is 16.8. The number of rotatable bonds is 6.